The van der Waals surface area contributed by atoms with Crippen molar-refractivity contribution in [2.75, 3.05) is 11.5 Å². The lowest BCUT2D eigenvalue weighted by molar-refractivity contribution is -0.132. The van der Waals surface area contributed by atoms with Gasteiger partial charge >= 0.3 is 0 Å². The van der Waals surface area contributed by atoms with E-state index in [4.69, 9.17) is 16.3 Å². The minimum Gasteiger partial charge on any atom is -0.507 e. The monoisotopic (exact) mass is 461 g/mol. The number of aliphatic hydroxyl groups excluding tert-OH is 1. The van der Waals surface area contributed by atoms with Crippen LogP contribution >= 0.6 is 11.6 Å². The van der Waals surface area contributed by atoms with E-state index in [0.717, 1.165) is 16.7 Å². The Morgan fingerprint density at radius 3 is 2.39 bits per heavy atom. The van der Waals surface area contributed by atoms with Crippen LogP contribution in [0.3, 0.4) is 0 Å². The molecule has 0 aliphatic carbocycles. The summed E-state index contributed by atoms with van der Waals surface area (Å²) in [5.74, 6) is -1.31. The summed E-state index contributed by atoms with van der Waals surface area (Å²) in [6, 6.07) is 19.0. The average molecular weight is 462 g/mol. The van der Waals surface area contributed by atoms with Gasteiger partial charge < -0.3 is 9.84 Å². The summed E-state index contributed by atoms with van der Waals surface area (Å²) < 4.78 is 5.54. The third-order valence-corrected chi connectivity index (χ3v) is 5.93. The molecule has 6 heteroatoms. The molecule has 1 amide bonds. The fraction of sp³-hybridized carbons (Fsp3) is 0.185. The lowest BCUT2D eigenvalue weighted by Crippen LogP contribution is -2.29. The van der Waals surface area contributed by atoms with Crippen LogP contribution in [0.5, 0.6) is 5.75 Å². The Labute approximate surface area is 197 Å². The molecular formula is C27H24ClNO4. The van der Waals surface area contributed by atoms with E-state index in [1.165, 1.54) is 4.90 Å². The van der Waals surface area contributed by atoms with Gasteiger partial charge in [-0.3, -0.25) is 14.5 Å². The SMILES string of the molecule is CCOc1cc(/C(O)=C2/C(=O)C(=O)N(c3ccc(C)cc3)C2c2cccc(C)c2)ccc1Cl. The Bertz CT molecular complexity index is 1260. The first-order chi connectivity index (χ1) is 15.8. The third-order valence-electron chi connectivity index (χ3n) is 5.62. The predicted octanol–water partition coefficient (Wildman–Crippen LogP) is 5.98. The van der Waals surface area contributed by atoms with Gasteiger partial charge in [0.25, 0.3) is 11.7 Å². The number of amides is 1. The van der Waals surface area contributed by atoms with Gasteiger partial charge in [-0.1, -0.05) is 59.1 Å². The molecule has 33 heavy (non-hydrogen) atoms. The molecule has 1 aliphatic rings. The third kappa shape index (κ3) is 4.24. The predicted molar refractivity (Wildman–Crippen MR) is 130 cm³/mol. The molecule has 168 valence electrons. The van der Waals surface area contributed by atoms with Gasteiger partial charge in [-0.2, -0.15) is 0 Å². The second kappa shape index (κ2) is 9.12. The lowest BCUT2D eigenvalue weighted by atomic mass is 9.94. The van der Waals surface area contributed by atoms with Crippen LogP contribution in [0.15, 0.2) is 72.3 Å². The topological polar surface area (TPSA) is 66.8 Å². The van der Waals surface area contributed by atoms with Crippen LogP contribution in [0, 0.1) is 13.8 Å². The van der Waals surface area contributed by atoms with E-state index in [2.05, 4.69) is 0 Å². The van der Waals surface area contributed by atoms with Crippen LogP contribution in [0.1, 0.15) is 35.2 Å². The minimum absolute atomic E-state index is 0.0240. The summed E-state index contributed by atoms with van der Waals surface area (Å²) >= 11 is 6.20. The van der Waals surface area contributed by atoms with Gasteiger partial charge in [0.15, 0.2) is 0 Å². The molecular weight excluding hydrogens is 438 g/mol. The van der Waals surface area contributed by atoms with Gasteiger partial charge in [0, 0.05) is 11.3 Å². The molecule has 4 rings (SSSR count). The summed E-state index contributed by atoms with van der Waals surface area (Å²) in [7, 11) is 0. The number of hydrogen-bond donors (Lipinski definition) is 1. The van der Waals surface area contributed by atoms with Crippen LogP contribution in [0.4, 0.5) is 5.69 Å². The molecule has 1 atom stereocenters. The second-order valence-electron chi connectivity index (χ2n) is 8.00. The number of hydrogen-bond acceptors (Lipinski definition) is 4. The largest absolute Gasteiger partial charge is 0.507 e. The van der Waals surface area contributed by atoms with Crippen molar-refractivity contribution in [3.05, 3.63) is 99.6 Å². The maximum atomic E-state index is 13.3. The highest BCUT2D eigenvalue weighted by molar-refractivity contribution is 6.51. The first kappa shape index (κ1) is 22.6. The van der Waals surface area contributed by atoms with E-state index < -0.39 is 17.7 Å². The number of benzene rings is 3. The summed E-state index contributed by atoms with van der Waals surface area (Å²) in [5, 5.41) is 11.7. The Hall–Kier alpha value is -3.57. The van der Waals surface area contributed by atoms with Gasteiger partial charge in [0.05, 0.1) is 23.2 Å². The molecule has 0 bridgehead atoms. The van der Waals surface area contributed by atoms with E-state index in [1.54, 1.807) is 30.3 Å². The number of carbonyl (C=O) groups excluding carboxylic acids is 2. The molecule has 0 aromatic heterocycles. The fourth-order valence-corrected chi connectivity index (χ4v) is 4.20. The highest BCUT2D eigenvalue weighted by Crippen LogP contribution is 2.43. The maximum absolute atomic E-state index is 13.3. The molecule has 1 aliphatic heterocycles. The van der Waals surface area contributed by atoms with Gasteiger partial charge in [0.2, 0.25) is 0 Å². The van der Waals surface area contributed by atoms with Gasteiger partial charge in [-0.25, -0.2) is 0 Å². The summed E-state index contributed by atoms with van der Waals surface area (Å²) in [4.78, 5) is 27.9. The molecule has 3 aromatic carbocycles. The molecule has 0 spiro atoms. The average Bonchev–Trinajstić information content (AvgIpc) is 3.06. The normalized spacial score (nSPS) is 17.5. The smallest absolute Gasteiger partial charge is 0.300 e. The van der Waals surface area contributed by atoms with E-state index in [9.17, 15) is 14.7 Å². The number of halogens is 1. The van der Waals surface area contributed by atoms with Crippen LogP contribution in [0.2, 0.25) is 5.02 Å². The number of ketones is 1. The van der Waals surface area contributed by atoms with Crippen molar-refractivity contribution in [2.45, 2.75) is 26.8 Å². The molecule has 1 saturated heterocycles. The molecule has 1 heterocycles. The molecule has 1 unspecified atom stereocenters. The van der Waals surface area contributed by atoms with Crippen molar-refractivity contribution in [3.8, 4) is 5.75 Å². The first-order valence-electron chi connectivity index (χ1n) is 10.7. The standard InChI is InChI=1S/C27H24ClNO4/c1-4-33-22-15-19(10-13-21(22)28)25(30)23-24(18-7-5-6-17(3)14-18)29(27(32)26(23)31)20-11-8-16(2)9-12-20/h5-15,24,30H,4H2,1-3H3/b25-23-. The molecule has 0 radical (unpaired) electrons. The van der Waals surface area contributed by atoms with Crippen molar-refractivity contribution in [3.63, 3.8) is 0 Å². The summed E-state index contributed by atoms with van der Waals surface area (Å²) in [5.41, 5.74) is 3.70. The Morgan fingerprint density at radius 2 is 1.73 bits per heavy atom. The minimum atomic E-state index is -0.779. The van der Waals surface area contributed by atoms with E-state index >= 15 is 0 Å². The number of aliphatic hydroxyl groups is 1. The first-order valence-corrected chi connectivity index (χ1v) is 11.1. The van der Waals surface area contributed by atoms with Crippen molar-refractivity contribution < 1.29 is 19.4 Å². The van der Waals surface area contributed by atoms with Crippen molar-refractivity contribution >= 4 is 34.7 Å². The van der Waals surface area contributed by atoms with E-state index in [-0.39, 0.29) is 11.3 Å². The number of ether oxygens (including phenoxy) is 1. The highest BCUT2D eigenvalue weighted by Gasteiger charge is 2.47. The fourth-order valence-electron chi connectivity index (χ4n) is 4.03. The van der Waals surface area contributed by atoms with Crippen LogP contribution < -0.4 is 9.64 Å². The van der Waals surface area contributed by atoms with Crippen LogP contribution in [-0.4, -0.2) is 23.4 Å². The van der Waals surface area contributed by atoms with Crippen LogP contribution in [0.25, 0.3) is 5.76 Å². The summed E-state index contributed by atoms with van der Waals surface area (Å²) in [6.45, 7) is 6.11. The highest BCUT2D eigenvalue weighted by atomic mass is 35.5. The number of carbonyl (C=O) groups is 2. The zero-order valence-corrected chi connectivity index (χ0v) is 19.4. The van der Waals surface area contributed by atoms with E-state index in [1.807, 2.05) is 57.2 Å². The van der Waals surface area contributed by atoms with Gasteiger partial charge in [0.1, 0.15) is 11.5 Å². The lowest BCUT2D eigenvalue weighted by Gasteiger charge is -2.26. The quantitative estimate of drug-likeness (QED) is 0.288. The number of aryl methyl sites for hydroxylation is 2. The second-order valence-corrected chi connectivity index (χ2v) is 8.40. The number of Topliss-reactive ketones (excluding diaryl/α,β-unsaturated/α-hetero) is 1. The zero-order chi connectivity index (χ0) is 23.7. The van der Waals surface area contributed by atoms with Crippen molar-refractivity contribution in [1.29, 1.82) is 0 Å². The Morgan fingerprint density at radius 1 is 1.00 bits per heavy atom. The molecule has 1 N–H and O–H groups in total. The molecule has 5 nitrogen and oxygen atoms in total. The van der Waals surface area contributed by atoms with Gasteiger partial charge in [-0.05, 0) is 56.7 Å². The molecule has 0 saturated carbocycles. The van der Waals surface area contributed by atoms with Gasteiger partial charge in [-0.15, -0.1) is 0 Å². The Kier molecular flexibility index (Phi) is 6.25. The van der Waals surface area contributed by atoms with Crippen molar-refractivity contribution in [1.82, 2.24) is 0 Å². The van der Waals surface area contributed by atoms with Crippen molar-refractivity contribution in [2.24, 2.45) is 0 Å². The molecule has 3 aromatic rings. The van der Waals surface area contributed by atoms with E-state index in [0.29, 0.717) is 28.6 Å². The molecule has 1 fully saturated rings. The van der Waals surface area contributed by atoms with Crippen LogP contribution in [-0.2, 0) is 9.59 Å². The maximum Gasteiger partial charge on any atom is 0.300 e. The number of nitrogens with zero attached hydrogens (tertiary/aromatic N) is 1. The summed E-state index contributed by atoms with van der Waals surface area (Å²) in [6.07, 6.45) is 0. The Balaban J connectivity index is 1.93. The zero-order valence-electron chi connectivity index (χ0n) is 18.6. The number of rotatable bonds is 5. The number of anilines is 1.